The normalized spacial score (nSPS) is 14.7. The first-order chi connectivity index (χ1) is 12.2. The SMILES string of the molecule is O=C(Nc1ccc(-c2c[nH]c3cc(F)ccc23)cn1)N1CCNCC1. The number of urea groups is 1. The van der Waals surface area contributed by atoms with E-state index >= 15 is 0 Å². The average molecular weight is 339 g/mol. The van der Waals surface area contributed by atoms with Gasteiger partial charge in [0.25, 0.3) is 0 Å². The minimum atomic E-state index is -0.273. The second-order valence-electron chi connectivity index (χ2n) is 5.99. The van der Waals surface area contributed by atoms with E-state index in [1.807, 2.05) is 12.3 Å². The first-order valence-corrected chi connectivity index (χ1v) is 8.20. The smallest absolute Gasteiger partial charge is 0.323 e. The van der Waals surface area contributed by atoms with Crippen LogP contribution in [0.5, 0.6) is 0 Å². The Kier molecular flexibility index (Phi) is 4.07. The lowest BCUT2D eigenvalue weighted by Gasteiger charge is -2.27. The topological polar surface area (TPSA) is 73.0 Å². The third-order valence-corrected chi connectivity index (χ3v) is 4.36. The molecule has 1 fully saturated rings. The molecule has 7 heteroatoms. The van der Waals surface area contributed by atoms with Gasteiger partial charge < -0.3 is 15.2 Å². The van der Waals surface area contributed by atoms with E-state index < -0.39 is 0 Å². The molecule has 25 heavy (non-hydrogen) atoms. The molecule has 0 radical (unpaired) electrons. The first kappa shape index (κ1) is 15.6. The number of amides is 2. The number of benzene rings is 1. The number of pyridine rings is 1. The molecule has 6 nitrogen and oxygen atoms in total. The summed E-state index contributed by atoms with van der Waals surface area (Å²) in [5.74, 6) is 0.239. The third-order valence-electron chi connectivity index (χ3n) is 4.36. The first-order valence-electron chi connectivity index (χ1n) is 8.20. The maximum Gasteiger partial charge on any atom is 0.323 e. The zero-order chi connectivity index (χ0) is 17.2. The molecule has 1 aliphatic heterocycles. The van der Waals surface area contributed by atoms with Crippen molar-refractivity contribution < 1.29 is 9.18 Å². The van der Waals surface area contributed by atoms with Gasteiger partial charge in [0, 0.05) is 60.6 Å². The predicted octanol–water partition coefficient (Wildman–Crippen LogP) is 2.81. The quantitative estimate of drug-likeness (QED) is 0.672. The summed E-state index contributed by atoms with van der Waals surface area (Å²) in [6.07, 6.45) is 3.54. The van der Waals surface area contributed by atoms with Crippen LogP contribution in [-0.2, 0) is 0 Å². The molecular weight excluding hydrogens is 321 g/mol. The number of aromatic amines is 1. The van der Waals surface area contributed by atoms with Crippen molar-refractivity contribution in [2.75, 3.05) is 31.5 Å². The monoisotopic (exact) mass is 339 g/mol. The van der Waals surface area contributed by atoms with Crippen molar-refractivity contribution >= 4 is 22.8 Å². The number of fused-ring (bicyclic) bond motifs is 1. The van der Waals surface area contributed by atoms with Crippen molar-refractivity contribution in [2.24, 2.45) is 0 Å². The molecule has 4 rings (SSSR count). The maximum atomic E-state index is 13.3. The molecule has 1 saturated heterocycles. The number of carbonyl (C=O) groups excluding carboxylic acids is 1. The fourth-order valence-corrected chi connectivity index (χ4v) is 3.02. The van der Waals surface area contributed by atoms with E-state index in [1.54, 1.807) is 23.2 Å². The standard InChI is InChI=1S/C18H18FN5O/c19-13-2-3-14-15(11-21-16(14)9-13)12-1-4-17(22-10-12)23-18(25)24-7-5-20-6-8-24/h1-4,9-11,20-21H,5-8H2,(H,22,23,25). The molecule has 2 amide bonds. The lowest BCUT2D eigenvalue weighted by atomic mass is 10.1. The second kappa shape index (κ2) is 6.52. The minimum absolute atomic E-state index is 0.135. The van der Waals surface area contributed by atoms with Gasteiger partial charge in [0.2, 0.25) is 0 Å². The van der Waals surface area contributed by atoms with Gasteiger partial charge in [-0.3, -0.25) is 5.32 Å². The Morgan fingerprint density at radius 2 is 2.04 bits per heavy atom. The van der Waals surface area contributed by atoms with Gasteiger partial charge in [0.15, 0.2) is 0 Å². The number of halogens is 1. The lowest BCUT2D eigenvalue weighted by Crippen LogP contribution is -2.48. The Hall–Kier alpha value is -2.93. The average Bonchev–Trinajstić information content (AvgIpc) is 3.06. The van der Waals surface area contributed by atoms with Crippen LogP contribution in [0.2, 0.25) is 0 Å². The Labute approximate surface area is 144 Å². The van der Waals surface area contributed by atoms with Gasteiger partial charge in [-0.05, 0) is 30.3 Å². The van der Waals surface area contributed by atoms with Gasteiger partial charge in [0.1, 0.15) is 11.6 Å². The van der Waals surface area contributed by atoms with Gasteiger partial charge in [-0.2, -0.15) is 0 Å². The molecule has 0 aliphatic carbocycles. The summed E-state index contributed by atoms with van der Waals surface area (Å²) in [6, 6.07) is 8.19. The van der Waals surface area contributed by atoms with Crippen LogP contribution >= 0.6 is 0 Å². The molecule has 128 valence electrons. The van der Waals surface area contributed by atoms with Crippen molar-refractivity contribution in [1.82, 2.24) is 20.2 Å². The van der Waals surface area contributed by atoms with E-state index in [2.05, 4.69) is 20.6 Å². The zero-order valence-corrected chi connectivity index (χ0v) is 13.6. The van der Waals surface area contributed by atoms with Crippen LogP contribution in [0.4, 0.5) is 15.0 Å². The second-order valence-corrected chi connectivity index (χ2v) is 5.99. The van der Waals surface area contributed by atoms with Crippen molar-refractivity contribution in [3.05, 3.63) is 48.5 Å². The Morgan fingerprint density at radius 3 is 2.80 bits per heavy atom. The number of hydrogen-bond donors (Lipinski definition) is 3. The molecule has 3 N–H and O–H groups in total. The number of anilines is 1. The summed E-state index contributed by atoms with van der Waals surface area (Å²) >= 11 is 0. The van der Waals surface area contributed by atoms with E-state index in [-0.39, 0.29) is 11.8 Å². The number of aromatic nitrogens is 2. The maximum absolute atomic E-state index is 13.3. The van der Waals surface area contributed by atoms with Crippen LogP contribution in [0.25, 0.3) is 22.0 Å². The summed E-state index contributed by atoms with van der Waals surface area (Å²) in [6.45, 7) is 2.99. The van der Waals surface area contributed by atoms with E-state index in [9.17, 15) is 9.18 Å². The Balaban J connectivity index is 1.52. The molecule has 0 atom stereocenters. The van der Waals surface area contributed by atoms with Gasteiger partial charge in [-0.1, -0.05) is 0 Å². The largest absolute Gasteiger partial charge is 0.360 e. The number of carbonyl (C=O) groups is 1. The van der Waals surface area contributed by atoms with E-state index in [0.29, 0.717) is 18.9 Å². The van der Waals surface area contributed by atoms with Gasteiger partial charge in [-0.15, -0.1) is 0 Å². The molecule has 0 unspecified atom stereocenters. The molecule has 3 aromatic rings. The lowest BCUT2D eigenvalue weighted by molar-refractivity contribution is 0.204. The number of piperazine rings is 1. The number of rotatable bonds is 2. The molecule has 3 heterocycles. The summed E-state index contributed by atoms with van der Waals surface area (Å²) in [5.41, 5.74) is 2.59. The summed E-state index contributed by atoms with van der Waals surface area (Å²) in [7, 11) is 0. The third kappa shape index (κ3) is 3.18. The molecule has 1 aromatic carbocycles. The highest BCUT2D eigenvalue weighted by Gasteiger charge is 2.16. The molecule has 0 bridgehead atoms. The van der Waals surface area contributed by atoms with Crippen LogP contribution in [0, 0.1) is 5.82 Å². The van der Waals surface area contributed by atoms with E-state index in [0.717, 1.165) is 35.1 Å². The van der Waals surface area contributed by atoms with Crippen LogP contribution in [0.3, 0.4) is 0 Å². The van der Waals surface area contributed by atoms with Gasteiger partial charge in [-0.25, -0.2) is 14.2 Å². The highest BCUT2D eigenvalue weighted by molar-refractivity contribution is 5.95. The number of nitrogens with zero attached hydrogens (tertiary/aromatic N) is 2. The minimum Gasteiger partial charge on any atom is -0.360 e. The number of hydrogen-bond acceptors (Lipinski definition) is 3. The summed E-state index contributed by atoms with van der Waals surface area (Å²) < 4.78 is 13.3. The highest BCUT2D eigenvalue weighted by Crippen LogP contribution is 2.29. The van der Waals surface area contributed by atoms with E-state index in [4.69, 9.17) is 0 Å². The van der Waals surface area contributed by atoms with Crippen molar-refractivity contribution in [2.45, 2.75) is 0 Å². The predicted molar refractivity (Wildman–Crippen MR) is 94.9 cm³/mol. The summed E-state index contributed by atoms with van der Waals surface area (Å²) in [5, 5.41) is 6.96. The fourth-order valence-electron chi connectivity index (χ4n) is 3.02. The summed E-state index contributed by atoms with van der Waals surface area (Å²) in [4.78, 5) is 21.4. The zero-order valence-electron chi connectivity index (χ0n) is 13.6. The van der Waals surface area contributed by atoms with Crippen molar-refractivity contribution in [3.63, 3.8) is 0 Å². The van der Waals surface area contributed by atoms with Crippen LogP contribution in [0.1, 0.15) is 0 Å². The molecule has 0 saturated carbocycles. The molecule has 1 aliphatic rings. The molecule has 0 spiro atoms. The van der Waals surface area contributed by atoms with Gasteiger partial charge >= 0.3 is 6.03 Å². The van der Waals surface area contributed by atoms with E-state index in [1.165, 1.54) is 12.1 Å². The molecular formula is C18H18FN5O. The van der Waals surface area contributed by atoms with Crippen LogP contribution < -0.4 is 10.6 Å². The van der Waals surface area contributed by atoms with Crippen molar-refractivity contribution in [3.8, 4) is 11.1 Å². The highest BCUT2D eigenvalue weighted by atomic mass is 19.1. The number of H-pyrrole nitrogens is 1. The fraction of sp³-hybridized carbons (Fsp3) is 0.222. The van der Waals surface area contributed by atoms with Crippen LogP contribution in [-0.4, -0.2) is 47.1 Å². The number of nitrogens with one attached hydrogen (secondary N) is 3. The van der Waals surface area contributed by atoms with Crippen LogP contribution in [0.15, 0.2) is 42.7 Å². The molecule has 2 aromatic heterocycles. The Morgan fingerprint density at radius 1 is 1.20 bits per heavy atom. The Bertz CT molecular complexity index is 899. The van der Waals surface area contributed by atoms with Crippen molar-refractivity contribution in [1.29, 1.82) is 0 Å². The van der Waals surface area contributed by atoms with Gasteiger partial charge in [0.05, 0.1) is 0 Å².